The first-order valence-corrected chi connectivity index (χ1v) is 7.50. The molecule has 24 heavy (non-hydrogen) atoms. The quantitative estimate of drug-likeness (QED) is 0.529. The van der Waals surface area contributed by atoms with Crippen molar-refractivity contribution in [1.29, 1.82) is 0 Å². The smallest absolute Gasteiger partial charge is 0.141 e. The summed E-state index contributed by atoms with van der Waals surface area (Å²) >= 11 is 0. The summed E-state index contributed by atoms with van der Waals surface area (Å²) in [5, 5.41) is 1.25. The maximum atomic E-state index is 12.9. The summed E-state index contributed by atoms with van der Waals surface area (Å²) in [7, 11) is 0. The second-order valence-corrected chi connectivity index (χ2v) is 5.46. The SMILES string of the molecule is Fc1ccc(-c2cnc(CCc3c[nH]c4ccccc34)[nH]2)nc1.N. The van der Waals surface area contributed by atoms with E-state index in [-0.39, 0.29) is 12.0 Å². The molecule has 3 aromatic heterocycles. The first kappa shape index (κ1) is 15.9. The number of nitrogens with one attached hydrogen (secondary N) is 2. The Morgan fingerprint density at radius 3 is 2.67 bits per heavy atom. The molecular weight excluding hydrogens is 305 g/mol. The van der Waals surface area contributed by atoms with Crippen LogP contribution in [0, 0.1) is 5.82 Å². The molecule has 0 saturated carbocycles. The summed E-state index contributed by atoms with van der Waals surface area (Å²) < 4.78 is 12.9. The molecule has 0 amide bonds. The van der Waals surface area contributed by atoms with Gasteiger partial charge in [0.15, 0.2) is 0 Å². The lowest BCUT2D eigenvalue weighted by atomic mass is 10.1. The minimum atomic E-state index is -0.340. The molecule has 1 aromatic carbocycles. The number of aryl methyl sites for hydroxylation is 2. The zero-order valence-corrected chi connectivity index (χ0v) is 13.1. The van der Waals surface area contributed by atoms with Gasteiger partial charge in [-0.15, -0.1) is 0 Å². The number of rotatable bonds is 4. The van der Waals surface area contributed by atoms with Gasteiger partial charge in [-0.05, 0) is 30.2 Å². The van der Waals surface area contributed by atoms with Gasteiger partial charge in [0.2, 0.25) is 0 Å². The summed E-state index contributed by atoms with van der Waals surface area (Å²) in [5.41, 5.74) is 3.92. The highest BCUT2D eigenvalue weighted by molar-refractivity contribution is 5.83. The normalized spacial score (nSPS) is 10.7. The lowest BCUT2D eigenvalue weighted by Gasteiger charge is -1.98. The molecule has 0 atom stereocenters. The van der Waals surface area contributed by atoms with Crippen molar-refractivity contribution in [2.24, 2.45) is 0 Å². The molecule has 0 bridgehead atoms. The summed E-state index contributed by atoms with van der Waals surface area (Å²) in [6.07, 6.45) is 6.71. The Hall–Kier alpha value is -2.99. The predicted octanol–water partition coefficient (Wildman–Crippen LogP) is 4.04. The number of aromatic nitrogens is 4. The Bertz CT molecular complexity index is 939. The van der Waals surface area contributed by atoms with Crippen molar-refractivity contribution < 1.29 is 4.39 Å². The van der Waals surface area contributed by atoms with E-state index in [1.807, 2.05) is 12.1 Å². The molecule has 0 aliphatic heterocycles. The fourth-order valence-electron chi connectivity index (χ4n) is 2.75. The molecule has 0 saturated heterocycles. The van der Waals surface area contributed by atoms with Crippen LogP contribution in [0.5, 0.6) is 0 Å². The van der Waals surface area contributed by atoms with E-state index in [0.717, 1.165) is 29.9 Å². The molecule has 5 N–H and O–H groups in total. The van der Waals surface area contributed by atoms with Crippen molar-refractivity contribution in [2.75, 3.05) is 0 Å². The third kappa shape index (κ3) is 3.04. The van der Waals surface area contributed by atoms with Gasteiger partial charge >= 0.3 is 0 Å². The molecule has 0 spiro atoms. The monoisotopic (exact) mass is 323 g/mol. The third-order valence-electron chi connectivity index (χ3n) is 3.94. The summed E-state index contributed by atoms with van der Waals surface area (Å²) in [4.78, 5) is 15.0. The molecule has 3 heterocycles. The van der Waals surface area contributed by atoms with Crippen LogP contribution in [0.25, 0.3) is 22.3 Å². The Morgan fingerprint density at radius 1 is 0.958 bits per heavy atom. The Balaban J connectivity index is 0.00000169. The van der Waals surface area contributed by atoms with Gasteiger partial charge in [-0.25, -0.2) is 9.37 Å². The number of halogens is 1. The fraction of sp³-hybridized carbons (Fsp3) is 0.111. The Labute approximate surface area is 138 Å². The summed E-state index contributed by atoms with van der Waals surface area (Å²) in [5.74, 6) is 0.559. The van der Waals surface area contributed by atoms with Crippen molar-refractivity contribution in [3.8, 4) is 11.4 Å². The van der Waals surface area contributed by atoms with Crippen molar-refractivity contribution in [3.05, 3.63) is 72.2 Å². The minimum Gasteiger partial charge on any atom is -0.361 e. The molecule has 0 fully saturated rings. The Morgan fingerprint density at radius 2 is 1.83 bits per heavy atom. The molecule has 4 aromatic rings. The number of pyridine rings is 1. The summed E-state index contributed by atoms with van der Waals surface area (Å²) in [6.45, 7) is 0. The maximum Gasteiger partial charge on any atom is 0.141 e. The first-order valence-electron chi connectivity index (χ1n) is 7.50. The minimum absolute atomic E-state index is 0. The van der Waals surface area contributed by atoms with Crippen molar-refractivity contribution >= 4 is 10.9 Å². The highest BCUT2D eigenvalue weighted by atomic mass is 19.1. The van der Waals surface area contributed by atoms with Crippen LogP contribution in [0.15, 0.2) is 55.0 Å². The number of para-hydroxylation sites is 1. The van der Waals surface area contributed by atoms with Gasteiger partial charge in [-0.1, -0.05) is 18.2 Å². The average Bonchev–Trinajstić information content (AvgIpc) is 3.20. The third-order valence-corrected chi connectivity index (χ3v) is 3.94. The number of nitrogens with zero attached hydrogens (tertiary/aromatic N) is 2. The number of benzene rings is 1. The van der Waals surface area contributed by atoms with Crippen LogP contribution in [0.3, 0.4) is 0 Å². The second-order valence-electron chi connectivity index (χ2n) is 5.46. The first-order chi connectivity index (χ1) is 11.3. The van der Waals surface area contributed by atoms with Crippen LogP contribution in [0.1, 0.15) is 11.4 Å². The van der Waals surface area contributed by atoms with Gasteiger partial charge in [0.25, 0.3) is 0 Å². The van der Waals surface area contributed by atoms with Crippen LogP contribution in [-0.4, -0.2) is 19.9 Å². The van der Waals surface area contributed by atoms with Gasteiger partial charge in [-0.3, -0.25) is 4.98 Å². The number of H-pyrrole nitrogens is 2. The van der Waals surface area contributed by atoms with Crippen LogP contribution >= 0.6 is 0 Å². The number of hydrogen-bond donors (Lipinski definition) is 3. The maximum absolute atomic E-state index is 12.9. The topological polar surface area (TPSA) is 92.4 Å². The highest BCUT2D eigenvalue weighted by Gasteiger charge is 2.07. The van der Waals surface area contributed by atoms with E-state index in [1.165, 1.54) is 23.2 Å². The summed E-state index contributed by atoms with van der Waals surface area (Å²) in [6, 6.07) is 11.3. The lowest BCUT2D eigenvalue weighted by molar-refractivity contribution is 0.622. The molecule has 0 radical (unpaired) electrons. The highest BCUT2D eigenvalue weighted by Crippen LogP contribution is 2.20. The number of fused-ring (bicyclic) bond motifs is 1. The van der Waals surface area contributed by atoms with Crippen LogP contribution in [-0.2, 0) is 12.8 Å². The van der Waals surface area contributed by atoms with Gasteiger partial charge in [0.05, 0.1) is 23.8 Å². The standard InChI is InChI=1S/C18H15FN4.H3N/c19-13-6-7-16(21-10-13)17-11-22-18(23-17)8-5-12-9-20-15-4-2-1-3-14(12)15;/h1-4,6-7,9-11,20H,5,8H2,(H,22,23);1H3. The molecule has 0 aliphatic rings. The lowest BCUT2D eigenvalue weighted by Crippen LogP contribution is -1.93. The van der Waals surface area contributed by atoms with Crippen molar-refractivity contribution in [2.45, 2.75) is 12.8 Å². The second kappa shape index (κ2) is 6.64. The zero-order chi connectivity index (χ0) is 15.6. The van der Waals surface area contributed by atoms with Crippen LogP contribution < -0.4 is 6.15 Å². The average molecular weight is 323 g/mol. The predicted molar refractivity (Wildman–Crippen MR) is 92.5 cm³/mol. The van der Waals surface area contributed by atoms with Gasteiger partial charge in [-0.2, -0.15) is 0 Å². The van der Waals surface area contributed by atoms with E-state index in [0.29, 0.717) is 5.69 Å². The molecule has 6 heteroatoms. The fourth-order valence-corrected chi connectivity index (χ4v) is 2.75. The van der Waals surface area contributed by atoms with E-state index >= 15 is 0 Å². The molecule has 122 valence electrons. The van der Waals surface area contributed by atoms with Crippen molar-refractivity contribution in [3.63, 3.8) is 0 Å². The number of imidazole rings is 1. The van der Waals surface area contributed by atoms with E-state index in [1.54, 1.807) is 12.3 Å². The molecule has 5 nitrogen and oxygen atoms in total. The van der Waals surface area contributed by atoms with E-state index in [2.05, 4.69) is 38.3 Å². The van der Waals surface area contributed by atoms with Crippen LogP contribution in [0.2, 0.25) is 0 Å². The van der Waals surface area contributed by atoms with E-state index < -0.39 is 0 Å². The molecule has 0 aliphatic carbocycles. The van der Waals surface area contributed by atoms with Gasteiger partial charge < -0.3 is 16.1 Å². The number of hydrogen-bond acceptors (Lipinski definition) is 3. The Kier molecular flexibility index (Phi) is 4.39. The van der Waals surface area contributed by atoms with Crippen LogP contribution in [0.4, 0.5) is 4.39 Å². The van der Waals surface area contributed by atoms with Crippen molar-refractivity contribution in [1.82, 2.24) is 26.1 Å². The van der Waals surface area contributed by atoms with Gasteiger partial charge in [0.1, 0.15) is 11.6 Å². The number of aromatic amines is 2. The molecule has 0 unspecified atom stereocenters. The van der Waals surface area contributed by atoms with Gasteiger partial charge in [0, 0.05) is 23.5 Å². The largest absolute Gasteiger partial charge is 0.361 e. The van der Waals surface area contributed by atoms with E-state index in [9.17, 15) is 4.39 Å². The molecule has 4 rings (SSSR count). The molecular formula is C18H18FN5. The van der Waals surface area contributed by atoms with E-state index in [4.69, 9.17) is 0 Å². The zero-order valence-electron chi connectivity index (χ0n) is 13.1.